The SMILES string of the molecule is CC(C)CCNCC(O)C1Cc2ccc(cc2)OCCCC(=O)NC(C(C)C)C(=O)N1. The van der Waals surface area contributed by atoms with E-state index in [0.29, 0.717) is 38.3 Å². The van der Waals surface area contributed by atoms with Crippen LogP contribution in [-0.2, 0) is 16.0 Å². The van der Waals surface area contributed by atoms with Crippen LogP contribution in [0.25, 0.3) is 0 Å². The highest BCUT2D eigenvalue weighted by atomic mass is 16.5. The van der Waals surface area contributed by atoms with Gasteiger partial charge in [-0.2, -0.15) is 0 Å². The van der Waals surface area contributed by atoms with E-state index >= 15 is 0 Å². The molecule has 0 saturated carbocycles. The minimum absolute atomic E-state index is 0.0725. The van der Waals surface area contributed by atoms with E-state index in [4.69, 9.17) is 4.74 Å². The smallest absolute Gasteiger partial charge is 0.243 e. The summed E-state index contributed by atoms with van der Waals surface area (Å²) in [7, 11) is 0. The van der Waals surface area contributed by atoms with Crippen molar-refractivity contribution in [3.8, 4) is 5.75 Å². The molecule has 174 valence electrons. The molecule has 2 aliphatic heterocycles. The van der Waals surface area contributed by atoms with Gasteiger partial charge in [-0.1, -0.05) is 39.8 Å². The minimum atomic E-state index is -0.758. The number of ether oxygens (including phenoxy) is 1. The standard InChI is InChI=1S/C24H39N3O4/c1-16(2)11-12-25-15-21(28)20-14-18-7-9-19(10-8-18)31-13-5-6-22(29)27-23(17(3)4)24(30)26-20/h7-10,16-17,20-21,23,25,28H,5-6,11-15H2,1-4H3,(H,26,30)(H,27,29). The highest BCUT2D eigenvalue weighted by Crippen LogP contribution is 2.16. The average molecular weight is 434 g/mol. The van der Waals surface area contributed by atoms with Gasteiger partial charge in [0, 0.05) is 13.0 Å². The fraction of sp³-hybridized carbons (Fsp3) is 0.667. The van der Waals surface area contributed by atoms with E-state index in [2.05, 4.69) is 29.8 Å². The van der Waals surface area contributed by atoms with Gasteiger partial charge >= 0.3 is 0 Å². The number of carbonyl (C=O) groups is 2. The molecular formula is C24H39N3O4. The number of hydrogen-bond acceptors (Lipinski definition) is 5. The summed E-state index contributed by atoms with van der Waals surface area (Å²) in [6.45, 7) is 9.76. The van der Waals surface area contributed by atoms with Crippen molar-refractivity contribution in [2.24, 2.45) is 11.8 Å². The second-order valence-electron chi connectivity index (χ2n) is 9.16. The van der Waals surface area contributed by atoms with E-state index < -0.39 is 18.2 Å². The minimum Gasteiger partial charge on any atom is -0.494 e. The maximum atomic E-state index is 13.0. The van der Waals surface area contributed by atoms with Gasteiger partial charge in [0.05, 0.1) is 18.8 Å². The molecule has 2 heterocycles. The molecule has 0 aromatic heterocycles. The highest BCUT2D eigenvalue weighted by Gasteiger charge is 2.29. The summed E-state index contributed by atoms with van der Waals surface area (Å²) in [6.07, 6.45) is 1.61. The van der Waals surface area contributed by atoms with Crippen LogP contribution in [0, 0.1) is 11.8 Å². The molecule has 0 radical (unpaired) electrons. The number of fused-ring (bicyclic) bond motifs is 12. The molecular weight excluding hydrogens is 394 g/mol. The van der Waals surface area contributed by atoms with Gasteiger partial charge in [-0.05, 0) is 55.3 Å². The summed E-state index contributed by atoms with van der Waals surface area (Å²) >= 11 is 0. The van der Waals surface area contributed by atoms with E-state index in [-0.39, 0.29) is 17.7 Å². The van der Waals surface area contributed by atoms with Crippen molar-refractivity contribution in [3.63, 3.8) is 0 Å². The molecule has 3 rings (SSSR count). The molecule has 31 heavy (non-hydrogen) atoms. The largest absolute Gasteiger partial charge is 0.494 e. The first-order valence-electron chi connectivity index (χ1n) is 11.5. The summed E-state index contributed by atoms with van der Waals surface area (Å²) in [5.41, 5.74) is 0.999. The van der Waals surface area contributed by atoms with E-state index in [1.54, 1.807) is 0 Å². The number of aliphatic hydroxyl groups excluding tert-OH is 1. The van der Waals surface area contributed by atoms with Gasteiger partial charge in [0.1, 0.15) is 11.8 Å². The quantitative estimate of drug-likeness (QED) is 0.493. The second-order valence-corrected chi connectivity index (χ2v) is 9.16. The van der Waals surface area contributed by atoms with Crippen LogP contribution in [0.5, 0.6) is 5.75 Å². The van der Waals surface area contributed by atoms with Crippen LogP contribution in [0.2, 0.25) is 0 Å². The predicted molar refractivity (Wildman–Crippen MR) is 122 cm³/mol. The molecule has 0 aliphatic carbocycles. The summed E-state index contributed by atoms with van der Waals surface area (Å²) in [5, 5.41) is 20.0. The van der Waals surface area contributed by atoms with Gasteiger partial charge in [-0.25, -0.2) is 0 Å². The van der Waals surface area contributed by atoms with Crippen LogP contribution < -0.4 is 20.7 Å². The zero-order valence-corrected chi connectivity index (χ0v) is 19.3. The van der Waals surface area contributed by atoms with Crippen LogP contribution in [0.15, 0.2) is 24.3 Å². The summed E-state index contributed by atoms with van der Waals surface area (Å²) < 4.78 is 5.72. The van der Waals surface area contributed by atoms with Gasteiger partial charge in [0.25, 0.3) is 0 Å². The van der Waals surface area contributed by atoms with E-state index in [1.807, 2.05) is 38.1 Å². The zero-order chi connectivity index (χ0) is 22.8. The lowest BCUT2D eigenvalue weighted by Gasteiger charge is -2.29. The summed E-state index contributed by atoms with van der Waals surface area (Å²) in [4.78, 5) is 25.4. The van der Waals surface area contributed by atoms with Crippen LogP contribution in [0.3, 0.4) is 0 Å². The Bertz CT molecular complexity index is 691. The lowest BCUT2D eigenvalue weighted by atomic mass is 9.98. The van der Waals surface area contributed by atoms with Gasteiger partial charge in [0.2, 0.25) is 11.8 Å². The van der Waals surface area contributed by atoms with Gasteiger partial charge in [0.15, 0.2) is 0 Å². The predicted octanol–water partition coefficient (Wildman–Crippen LogP) is 2.02. The van der Waals surface area contributed by atoms with Crippen molar-refractivity contribution in [1.29, 1.82) is 0 Å². The van der Waals surface area contributed by atoms with E-state index in [1.165, 1.54) is 0 Å². The van der Waals surface area contributed by atoms with E-state index in [0.717, 1.165) is 24.3 Å². The van der Waals surface area contributed by atoms with Gasteiger partial charge < -0.3 is 25.8 Å². The van der Waals surface area contributed by atoms with Crippen molar-refractivity contribution in [1.82, 2.24) is 16.0 Å². The Kier molecular flexibility index (Phi) is 10.3. The number of rotatable bonds is 7. The topological polar surface area (TPSA) is 99.7 Å². The third-order valence-electron chi connectivity index (χ3n) is 5.51. The Morgan fingerprint density at radius 3 is 2.48 bits per heavy atom. The first-order valence-corrected chi connectivity index (χ1v) is 11.5. The van der Waals surface area contributed by atoms with E-state index in [9.17, 15) is 14.7 Å². The molecule has 0 fully saturated rings. The molecule has 7 heteroatoms. The first-order chi connectivity index (χ1) is 14.8. The normalized spacial score (nSPS) is 21.8. The molecule has 7 nitrogen and oxygen atoms in total. The maximum absolute atomic E-state index is 13.0. The van der Waals surface area contributed by atoms with Crippen LogP contribution in [0.4, 0.5) is 0 Å². The number of nitrogens with one attached hydrogen (secondary N) is 3. The van der Waals surface area contributed by atoms with Crippen LogP contribution in [-0.4, -0.2) is 54.8 Å². The fourth-order valence-corrected chi connectivity index (χ4v) is 3.52. The monoisotopic (exact) mass is 433 g/mol. The molecule has 1 aromatic rings. The molecule has 1 aromatic carbocycles. The van der Waals surface area contributed by atoms with Gasteiger partial charge in [-0.15, -0.1) is 0 Å². The van der Waals surface area contributed by atoms with Crippen molar-refractivity contribution in [3.05, 3.63) is 29.8 Å². The number of aliphatic hydroxyl groups is 1. The number of carbonyl (C=O) groups excluding carboxylic acids is 2. The average Bonchev–Trinajstić information content (AvgIpc) is 2.72. The zero-order valence-electron chi connectivity index (χ0n) is 19.3. The Hall–Kier alpha value is -2.12. The molecule has 2 amide bonds. The van der Waals surface area contributed by atoms with Crippen molar-refractivity contribution >= 4 is 11.8 Å². The Labute approximate surface area is 186 Å². The second kappa shape index (κ2) is 12.7. The molecule has 4 N–H and O–H groups in total. The molecule has 0 spiro atoms. The number of hydrogen-bond donors (Lipinski definition) is 4. The van der Waals surface area contributed by atoms with Crippen LogP contribution in [0.1, 0.15) is 52.5 Å². The van der Waals surface area contributed by atoms with Gasteiger partial charge in [-0.3, -0.25) is 9.59 Å². The Morgan fingerprint density at radius 1 is 1.13 bits per heavy atom. The van der Waals surface area contributed by atoms with Crippen molar-refractivity contribution < 1.29 is 19.4 Å². The third kappa shape index (κ3) is 8.87. The molecule has 3 unspecified atom stereocenters. The lowest BCUT2D eigenvalue weighted by Crippen LogP contribution is -2.56. The summed E-state index contributed by atoms with van der Waals surface area (Å²) in [6, 6.07) is 6.56. The van der Waals surface area contributed by atoms with Crippen LogP contribution >= 0.6 is 0 Å². The molecule has 2 aliphatic rings. The third-order valence-corrected chi connectivity index (χ3v) is 5.51. The highest BCUT2D eigenvalue weighted by molar-refractivity contribution is 5.88. The lowest BCUT2D eigenvalue weighted by molar-refractivity contribution is -0.131. The number of benzene rings is 1. The van der Waals surface area contributed by atoms with Crippen molar-refractivity contribution in [2.45, 2.75) is 71.6 Å². The summed E-state index contributed by atoms with van der Waals surface area (Å²) in [5.74, 6) is 0.818. The number of amides is 2. The maximum Gasteiger partial charge on any atom is 0.243 e. The fourth-order valence-electron chi connectivity index (χ4n) is 3.52. The Balaban J connectivity index is 2.17. The Morgan fingerprint density at radius 2 is 1.84 bits per heavy atom. The molecule has 2 bridgehead atoms. The first kappa shape index (κ1) is 25.1. The molecule has 3 atom stereocenters. The van der Waals surface area contributed by atoms with Crippen molar-refractivity contribution in [2.75, 3.05) is 19.7 Å². The molecule has 0 saturated heterocycles.